The molecule has 0 saturated heterocycles. The van der Waals surface area contributed by atoms with Crippen molar-refractivity contribution in [3.8, 4) is 5.75 Å². The van der Waals surface area contributed by atoms with Gasteiger partial charge in [-0.1, -0.05) is 19.1 Å². The first-order valence-electron chi connectivity index (χ1n) is 5.99. The lowest BCUT2D eigenvalue weighted by molar-refractivity contribution is 0.0985. The Morgan fingerprint density at radius 2 is 2.24 bits per heavy atom. The van der Waals surface area contributed by atoms with Gasteiger partial charge in [0.1, 0.15) is 5.75 Å². The zero-order chi connectivity index (χ0) is 12.3. The van der Waals surface area contributed by atoms with Gasteiger partial charge in [0, 0.05) is 6.42 Å². The summed E-state index contributed by atoms with van der Waals surface area (Å²) in [4.78, 5) is 0. The van der Waals surface area contributed by atoms with Gasteiger partial charge in [-0.05, 0) is 30.2 Å². The summed E-state index contributed by atoms with van der Waals surface area (Å²) in [5.41, 5.74) is 1.68. The summed E-state index contributed by atoms with van der Waals surface area (Å²) in [5.74, 6) is 0.831. The van der Waals surface area contributed by atoms with E-state index in [-0.39, 0.29) is 0 Å². The molecule has 0 bridgehead atoms. The Balaban J connectivity index is 2.17. The maximum Gasteiger partial charge on any atom is 0.257 e. The summed E-state index contributed by atoms with van der Waals surface area (Å²) in [6, 6.07) is 4.48. The highest BCUT2D eigenvalue weighted by Gasteiger charge is 2.23. The van der Waals surface area contributed by atoms with Crippen LogP contribution in [0.3, 0.4) is 0 Å². The first-order chi connectivity index (χ1) is 8.22. The van der Waals surface area contributed by atoms with E-state index in [1.54, 1.807) is 12.1 Å². The third-order valence-corrected chi connectivity index (χ3v) is 2.94. The van der Waals surface area contributed by atoms with Crippen LogP contribution in [-0.4, -0.2) is 19.6 Å². The topological polar surface area (TPSA) is 21.3 Å². The van der Waals surface area contributed by atoms with E-state index in [0.29, 0.717) is 18.7 Å². The number of hydrogen-bond donors (Lipinski definition) is 1. The van der Waals surface area contributed by atoms with Crippen LogP contribution in [0.15, 0.2) is 18.2 Å². The van der Waals surface area contributed by atoms with Crippen molar-refractivity contribution in [2.75, 3.05) is 13.2 Å². The van der Waals surface area contributed by atoms with Gasteiger partial charge in [0.15, 0.2) is 0 Å². The highest BCUT2D eigenvalue weighted by atomic mass is 19.3. The van der Waals surface area contributed by atoms with Gasteiger partial charge in [-0.2, -0.15) is 0 Å². The first kappa shape index (κ1) is 12.3. The smallest absolute Gasteiger partial charge is 0.257 e. The fraction of sp³-hybridized carbons (Fsp3) is 0.538. The number of fused-ring (bicyclic) bond motifs is 1. The van der Waals surface area contributed by atoms with Crippen molar-refractivity contribution < 1.29 is 13.5 Å². The SMILES string of the molecule is CCCNC(c1ccc2c(c1)CCO2)C(F)F. The summed E-state index contributed by atoms with van der Waals surface area (Å²) >= 11 is 0. The van der Waals surface area contributed by atoms with Crippen LogP contribution in [0.5, 0.6) is 5.75 Å². The standard InChI is InChI=1S/C13H17F2NO/c1-2-6-16-12(13(14)15)10-3-4-11-9(8-10)5-7-17-11/h3-4,8,12-13,16H,2,5-7H2,1H3. The molecule has 1 N–H and O–H groups in total. The van der Waals surface area contributed by atoms with E-state index in [4.69, 9.17) is 4.74 Å². The molecule has 1 atom stereocenters. The Morgan fingerprint density at radius 1 is 1.41 bits per heavy atom. The van der Waals surface area contributed by atoms with Gasteiger partial charge in [-0.25, -0.2) is 8.78 Å². The molecule has 0 fully saturated rings. The molecule has 17 heavy (non-hydrogen) atoms. The van der Waals surface area contributed by atoms with Crippen molar-refractivity contribution in [2.24, 2.45) is 0 Å². The van der Waals surface area contributed by atoms with E-state index in [0.717, 1.165) is 24.2 Å². The molecule has 2 rings (SSSR count). The summed E-state index contributed by atoms with van der Waals surface area (Å²) in [6.45, 7) is 3.22. The van der Waals surface area contributed by atoms with Crippen LogP contribution in [0, 0.1) is 0 Å². The summed E-state index contributed by atoms with van der Waals surface area (Å²) in [6.07, 6.45) is -0.730. The zero-order valence-corrected chi connectivity index (χ0v) is 9.88. The predicted octanol–water partition coefficient (Wildman–Crippen LogP) is 2.93. The lowest BCUT2D eigenvalue weighted by Crippen LogP contribution is -2.28. The monoisotopic (exact) mass is 241 g/mol. The van der Waals surface area contributed by atoms with E-state index in [1.165, 1.54) is 0 Å². The molecular formula is C13H17F2NO. The summed E-state index contributed by atoms with van der Waals surface area (Å²) in [5, 5.41) is 2.89. The fourth-order valence-corrected chi connectivity index (χ4v) is 2.05. The third kappa shape index (κ3) is 2.75. The molecule has 0 radical (unpaired) electrons. The second-order valence-electron chi connectivity index (χ2n) is 4.23. The highest BCUT2D eigenvalue weighted by molar-refractivity contribution is 5.40. The zero-order valence-electron chi connectivity index (χ0n) is 9.88. The van der Waals surface area contributed by atoms with Crippen LogP contribution < -0.4 is 10.1 Å². The van der Waals surface area contributed by atoms with Crippen molar-refractivity contribution in [1.82, 2.24) is 5.32 Å². The number of benzene rings is 1. The molecule has 0 saturated carbocycles. The molecule has 0 amide bonds. The number of hydrogen-bond acceptors (Lipinski definition) is 2. The molecule has 0 aromatic heterocycles. The van der Waals surface area contributed by atoms with Crippen LogP contribution in [0.1, 0.15) is 30.5 Å². The Bertz CT molecular complexity index is 382. The number of rotatable bonds is 5. The van der Waals surface area contributed by atoms with E-state index >= 15 is 0 Å². The highest BCUT2D eigenvalue weighted by Crippen LogP contribution is 2.30. The first-order valence-corrected chi connectivity index (χ1v) is 5.99. The van der Waals surface area contributed by atoms with Crippen LogP contribution in [0.25, 0.3) is 0 Å². The number of halogens is 2. The van der Waals surface area contributed by atoms with Crippen LogP contribution in [-0.2, 0) is 6.42 Å². The molecular weight excluding hydrogens is 224 g/mol. The average Bonchev–Trinajstić information content (AvgIpc) is 2.76. The Hall–Kier alpha value is -1.16. The van der Waals surface area contributed by atoms with Gasteiger partial charge in [0.05, 0.1) is 12.6 Å². The number of alkyl halides is 2. The molecule has 0 aliphatic carbocycles. The molecule has 1 aliphatic heterocycles. The Morgan fingerprint density at radius 3 is 2.94 bits per heavy atom. The van der Waals surface area contributed by atoms with E-state index < -0.39 is 12.5 Å². The van der Waals surface area contributed by atoms with Gasteiger partial charge in [-0.15, -0.1) is 0 Å². The van der Waals surface area contributed by atoms with Gasteiger partial charge < -0.3 is 10.1 Å². The van der Waals surface area contributed by atoms with Crippen molar-refractivity contribution in [2.45, 2.75) is 32.2 Å². The van der Waals surface area contributed by atoms with Crippen LogP contribution >= 0.6 is 0 Å². The third-order valence-electron chi connectivity index (χ3n) is 2.94. The average molecular weight is 241 g/mol. The van der Waals surface area contributed by atoms with Crippen molar-refractivity contribution in [1.29, 1.82) is 0 Å². The fourth-order valence-electron chi connectivity index (χ4n) is 2.05. The maximum absolute atomic E-state index is 13.0. The van der Waals surface area contributed by atoms with E-state index in [9.17, 15) is 8.78 Å². The van der Waals surface area contributed by atoms with Gasteiger partial charge in [0.25, 0.3) is 6.43 Å². The normalized spacial score (nSPS) is 15.8. The Labute approximate surface area is 100.0 Å². The number of ether oxygens (including phenoxy) is 1. The molecule has 0 spiro atoms. The molecule has 2 nitrogen and oxygen atoms in total. The molecule has 1 unspecified atom stereocenters. The predicted molar refractivity (Wildman–Crippen MR) is 62.7 cm³/mol. The quantitative estimate of drug-likeness (QED) is 0.855. The number of nitrogens with one attached hydrogen (secondary N) is 1. The van der Waals surface area contributed by atoms with E-state index in [2.05, 4.69) is 5.32 Å². The van der Waals surface area contributed by atoms with Crippen LogP contribution in [0.2, 0.25) is 0 Å². The molecule has 1 aromatic carbocycles. The second kappa shape index (κ2) is 5.45. The molecule has 1 aromatic rings. The van der Waals surface area contributed by atoms with Crippen molar-refractivity contribution in [3.05, 3.63) is 29.3 Å². The molecule has 4 heteroatoms. The Kier molecular flexibility index (Phi) is 3.94. The minimum atomic E-state index is -2.39. The molecule has 94 valence electrons. The minimum Gasteiger partial charge on any atom is -0.493 e. The lowest BCUT2D eigenvalue weighted by Gasteiger charge is -2.18. The van der Waals surface area contributed by atoms with Gasteiger partial charge in [-0.3, -0.25) is 0 Å². The minimum absolute atomic E-state index is 0.600. The van der Waals surface area contributed by atoms with Crippen molar-refractivity contribution in [3.63, 3.8) is 0 Å². The largest absolute Gasteiger partial charge is 0.493 e. The summed E-state index contributed by atoms with van der Waals surface area (Å²) in [7, 11) is 0. The lowest BCUT2D eigenvalue weighted by atomic mass is 10.0. The second-order valence-corrected chi connectivity index (χ2v) is 4.23. The van der Waals surface area contributed by atoms with E-state index in [1.807, 2.05) is 13.0 Å². The van der Waals surface area contributed by atoms with Crippen LogP contribution in [0.4, 0.5) is 8.78 Å². The molecule has 1 heterocycles. The summed E-state index contributed by atoms with van der Waals surface area (Å²) < 4.78 is 31.3. The van der Waals surface area contributed by atoms with Gasteiger partial charge >= 0.3 is 0 Å². The molecule has 1 aliphatic rings. The van der Waals surface area contributed by atoms with Crippen molar-refractivity contribution >= 4 is 0 Å². The maximum atomic E-state index is 13.0. The van der Waals surface area contributed by atoms with Gasteiger partial charge in [0.2, 0.25) is 0 Å².